The topological polar surface area (TPSA) is 38.8 Å². The molecular weight excluding hydrogens is 278 g/mol. The summed E-state index contributed by atoms with van der Waals surface area (Å²) in [5.41, 5.74) is 1.98. The zero-order valence-corrected chi connectivity index (χ0v) is 14.1. The van der Waals surface area contributed by atoms with E-state index in [-0.39, 0.29) is 12.1 Å². The van der Waals surface area contributed by atoms with Gasteiger partial charge in [-0.1, -0.05) is 24.3 Å². The standard InChI is InChI=1S/C18H27NO3/c1-14-8-5-6-9-15(14)12-21-13-16-10-7-11-19(16)17(20)22-18(2,3)4/h5-6,8-9,16H,7,10-13H2,1-4H3. The van der Waals surface area contributed by atoms with E-state index in [1.54, 1.807) is 0 Å². The van der Waals surface area contributed by atoms with Crippen molar-refractivity contribution in [2.24, 2.45) is 0 Å². The molecule has 1 fully saturated rings. The monoisotopic (exact) mass is 305 g/mol. The molecule has 1 saturated heterocycles. The number of carbonyl (C=O) groups is 1. The smallest absolute Gasteiger partial charge is 0.410 e. The average Bonchev–Trinajstić information content (AvgIpc) is 2.87. The largest absolute Gasteiger partial charge is 0.444 e. The van der Waals surface area contributed by atoms with Crippen LogP contribution in [0.1, 0.15) is 44.7 Å². The summed E-state index contributed by atoms with van der Waals surface area (Å²) in [6.07, 6.45) is 1.76. The van der Waals surface area contributed by atoms with E-state index in [0.29, 0.717) is 13.2 Å². The van der Waals surface area contributed by atoms with Crippen LogP contribution in [0.15, 0.2) is 24.3 Å². The van der Waals surface area contributed by atoms with Gasteiger partial charge in [-0.15, -0.1) is 0 Å². The molecule has 0 aromatic heterocycles. The Morgan fingerprint density at radius 3 is 2.73 bits per heavy atom. The highest BCUT2D eigenvalue weighted by Crippen LogP contribution is 2.21. The van der Waals surface area contributed by atoms with E-state index in [1.807, 2.05) is 37.8 Å². The molecule has 4 heteroatoms. The molecule has 0 radical (unpaired) electrons. The quantitative estimate of drug-likeness (QED) is 0.846. The fourth-order valence-corrected chi connectivity index (χ4v) is 2.65. The molecule has 0 N–H and O–H groups in total. The number of likely N-dealkylation sites (tertiary alicyclic amines) is 1. The molecule has 122 valence electrons. The number of nitrogens with zero attached hydrogens (tertiary/aromatic N) is 1. The van der Waals surface area contributed by atoms with Crippen LogP contribution in [-0.4, -0.2) is 35.8 Å². The number of benzene rings is 1. The summed E-state index contributed by atoms with van der Waals surface area (Å²) in [5, 5.41) is 0. The van der Waals surface area contributed by atoms with Crippen molar-refractivity contribution in [1.29, 1.82) is 0 Å². The molecule has 0 bridgehead atoms. The average molecular weight is 305 g/mol. The minimum atomic E-state index is -0.452. The summed E-state index contributed by atoms with van der Waals surface area (Å²) >= 11 is 0. The van der Waals surface area contributed by atoms with E-state index in [0.717, 1.165) is 19.4 Å². The maximum Gasteiger partial charge on any atom is 0.410 e. The van der Waals surface area contributed by atoms with Gasteiger partial charge in [0.05, 0.1) is 19.3 Å². The first-order valence-electron chi connectivity index (χ1n) is 7.99. The lowest BCUT2D eigenvalue weighted by molar-refractivity contribution is 0.00878. The van der Waals surface area contributed by atoms with Gasteiger partial charge in [0.1, 0.15) is 5.60 Å². The normalized spacial score (nSPS) is 18.5. The van der Waals surface area contributed by atoms with Crippen molar-refractivity contribution in [1.82, 2.24) is 4.90 Å². The lowest BCUT2D eigenvalue weighted by Gasteiger charge is -2.28. The molecule has 1 aliphatic rings. The second-order valence-corrected chi connectivity index (χ2v) is 6.91. The van der Waals surface area contributed by atoms with Crippen LogP contribution in [-0.2, 0) is 16.1 Å². The van der Waals surface area contributed by atoms with Crippen molar-refractivity contribution in [2.45, 2.75) is 58.8 Å². The third-order valence-electron chi connectivity index (χ3n) is 3.83. The van der Waals surface area contributed by atoms with Gasteiger partial charge in [-0.2, -0.15) is 0 Å². The molecule has 2 rings (SSSR count). The Hall–Kier alpha value is -1.55. The molecule has 1 unspecified atom stereocenters. The van der Waals surface area contributed by atoms with Gasteiger partial charge in [0.25, 0.3) is 0 Å². The molecule has 1 amide bonds. The van der Waals surface area contributed by atoms with Crippen molar-refractivity contribution in [3.8, 4) is 0 Å². The van der Waals surface area contributed by atoms with Crippen molar-refractivity contribution in [2.75, 3.05) is 13.2 Å². The van der Waals surface area contributed by atoms with Crippen LogP contribution in [0.2, 0.25) is 0 Å². The fraction of sp³-hybridized carbons (Fsp3) is 0.611. The third kappa shape index (κ3) is 4.73. The highest BCUT2D eigenvalue weighted by molar-refractivity contribution is 5.68. The van der Waals surface area contributed by atoms with Gasteiger partial charge in [-0.25, -0.2) is 4.79 Å². The summed E-state index contributed by atoms with van der Waals surface area (Å²) in [5.74, 6) is 0. The molecule has 1 aromatic carbocycles. The summed E-state index contributed by atoms with van der Waals surface area (Å²) in [6, 6.07) is 8.34. The Morgan fingerprint density at radius 1 is 1.32 bits per heavy atom. The molecule has 22 heavy (non-hydrogen) atoms. The molecule has 0 saturated carbocycles. The molecule has 1 atom stereocenters. The molecule has 0 aliphatic carbocycles. The summed E-state index contributed by atoms with van der Waals surface area (Å²) < 4.78 is 11.3. The van der Waals surface area contributed by atoms with E-state index in [4.69, 9.17) is 9.47 Å². The van der Waals surface area contributed by atoms with Crippen molar-refractivity contribution in [3.05, 3.63) is 35.4 Å². The van der Waals surface area contributed by atoms with E-state index in [9.17, 15) is 4.79 Å². The highest BCUT2D eigenvalue weighted by Gasteiger charge is 2.32. The van der Waals surface area contributed by atoms with Crippen LogP contribution in [0, 0.1) is 6.92 Å². The number of hydrogen-bond donors (Lipinski definition) is 0. The molecule has 0 spiro atoms. The number of aryl methyl sites for hydroxylation is 1. The molecule has 4 nitrogen and oxygen atoms in total. The van der Waals surface area contributed by atoms with Crippen molar-refractivity contribution < 1.29 is 14.3 Å². The van der Waals surface area contributed by atoms with Gasteiger partial charge in [-0.05, 0) is 51.7 Å². The van der Waals surface area contributed by atoms with E-state index in [1.165, 1.54) is 11.1 Å². The molecule has 1 heterocycles. The van der Waals surface area contributed by atoms with Crippen LogP contribution in [0.3, 0.4) is 0 Å². The SMILES string of the molecule is Cc1ccccc1COCC1CCCN1C(=O)OC(C)(C)C. The minimum absolute atomic E-state index is 0.124. The van der Waals surface area contributed by atoms with Gasteiger partial charge in [-0.3, -0.25) is 0 Å². The maximum atomic E-state index is 12.2. The van der Waals surface area contributed by atoms with Crippen LogP contribution < -0.4 is 0 Å². The molecule has 1 aromatic rings. The number of hydrogen-bond acceptors (Lipinski definition) is 3. The highest BCUT2D eigenvalue weighted by atomic mass is 16.6. The zero-order chi connectivity index (χ0) is 16.2. The zero-order valence-electron chi connectivity index (χ0n) is 14.1. The first kappa shape index (κ1) is 16.8. The third-order valence-corrected chi connectivity index (χ3v) is 3.83. The minimum Gasteiger partial charge on any atom is -0.444 e. The number of amides is 1. The van der Waals surface area contributed by atoms with E-state index < -0.39 is 5.60 Å². The second-order valence-electron chi connectivity index (χ2n) is 6.91. The first-order chi connectivity index (χ1) is 10.4. The molecule has 1 aliphatic heterocycles. The Labute approximate surface area is 133 Å². The fourth-order valence-electron chi connectivity index (χ4n) is 2.65. The first-order valence-corrected chi connectivity index (χ1v) is 7.99. The molecular formula is C18H27NO3. The number of rotatable bonds is 4. The van der Waals surface area contributed by atoms with Gasteiger partial charge in [0.2, 0.25) is 0 Å². The van der Waals surface area contributed by atoms with E-state index >= 15 is 0 Å². The summed E-state index contributed by atoms with van der Waals surface area (Å²) in [7, 11) is 0. The second kappa shape index (κ2) is 7.14. The van der Waals surface area contributed by atoms with Crippen LogP contribution in [0.5, 0.6) is 0 Å². The Morgan fingerprint density at radius 2 is 2.05 bits per heavy atom. The number of ether oxygens (including phenoxy) is 2. The van der Waals surface area contributed by atoms with Crippen LogP contribution >= 0.6 is 0 Å². The van der Waals surface area contributed by atoms with Crippen LogP contribution in [0.25, 0.3) is 0 Å². The Kier molecular flexibility index (Phi) is 5.46. The summed E-state index contributed by atoms with van der Waals surface area (Å²) in [4.78, 5) is 14.0. The van der Waals surface area contributed by atoms with Gasteiger partial charge >= 0.3 is 6.09 Å². The Balaban J connectivity index is 1.84. The van der Waals surface area contributed by atoms with Crippen molar-refractivity contribution >= 4 is 6.09 Å². The van der Waals surface area contributed by atoms with Crippen LogP contribution in [0.4, 0.5) is 4.79 Å². The van der Waals surface area contributed by atoms with E-state index in [2.05, 4.69) is 19.1 Å². The van der Waals surface area contributed by atoms with Gasteiger partial charge < -0.3 is 14.4 Å². The van der Waals surface area contributed by atoms with Gasteiger partial charge in [0.15, 0.2) is 0 Å². The van der Waals surface area contributed by atoms with Crippen molar-refractivity contribution in [3.63, 3.8) is 0 Å². The maximum absolute atomic E-state index is 12.2. The Bertz CT molecular complexity index is 507. The predicted octanol–water partition coefficient (Wildman–Crippen LogP) is 3.91. The number of carbonyl (C=O) groups excluding carboxylic acids is 1. The predicted molar refractivity (Wildman–Crippen MR) is 86.8 cm³/mol. The lowest BCUT2D eigenvalue weighted by Crippen LogP contribution is -2.41. The van der Waals surface area contributed by atoms with Gasteiger partial charge in [0, 0.05) is 6.54 Å². The lowest BCUT2D eigenvalue weighted by atomic mass is 10.1. The summed E-state index contributed by atoms with van der Waals surface area (Å²) in [6.45, 7) is 9.67.